The van der Waals surface area contributed by atoms with Crippen LogP contribution < -0.4 is 10.1 Å². The SMILES string of the molecule is O=C(NCc1cc(Cl)ccc1OC(F)F)c1conc1C1CC1. The number of hydrogen-bond donors (Lipinski definition) is 1. The Morgan fingerprint density at radius 2 is 2.26 bits per heavy atom. The van der Waals surface area contributed by atoms with Crippen LogP contribution in [0.3, 0.4) is 0 Å². The molecule has 1 heterocycles. The third kappa shape index (κ3) is 3.79. The molecular formula is C15H13ClF2N2O3. The van der Waals surface area contributed by atoms with Gasteiger partial charge in [-0.25, -0.2) is 0 Å². The number of carbonyl (C=O) groups is 1. The van der Waals surface area contributed by atoms with Gasteiger partial charge in [-0.2, -0.15) is 8.78 Å². The Kier molecular flexibility index (Phi) is 4.47. The van der Waals surface area contributed by atoms with Gasteiger partial charge in [0.05, 0.1) is 5.69 Å². The summed E-state index contributed by atoms with van der Waals surface area (Å²) in [5, 5.41) is 6.85. The lowest BCUT2D eigenvalue weighted by Gasteiger charge is -2.12. The summed E-state index contributed by atoms with van der Waals surface area (Å²) in [6.45, 7) is -2.96. The molecule has 122 valence electrons. The van der Waals surface area contributed by atoms with Gasteiger partial charge in [0.25, 0.3) is 5.91 Å². The minimum absolute atomic E-state index is 0.00324. The van der Waals surface area contributed by atoms with Crippen LogP contribution in [0.25, 0.3) is 0 Å². The van der Waals surface area contributed by atoms with Crippen LogP contribution in [0.4, 0.5) is 8.78 Å². The van der Waals surface area contributed by atoms with E-state index < -0.39 is 6.61 Å². The second-order valence-corrected chi connectivity index (χ2v) is 5.64. The molecule has 0 bridgehead atoms. The van der Waals surface area contributed by atoms with Crippen molar-refractivity contribution in [3.63, 3.8) is 0 Å². The maximum Gasteiger partial charge on any atom is 0.387 e. The second kappa shape index (κ2) is 6.54. The molecule has 0 atom stereocenters. The number of nitrogens with zero attached hydrogens (tertiary/aromatic N) is 1. The number of halogens is 3. The van der Waals surface area contributed by atoms with Crippen molar-refractivity contribution in [3.05, 3.63) is 46.3 Å². The Hall–Kier alpha value is -2.15. The maximum atomic E-state index is 12.4. The number of carbonyl (C=O) groups excluding carboxylic acids is 1. The van der Waals surface area contributed by atoms with E-state index in [1.54, 1.807) is 0 Å². The Balaban J connectivity index is 1.71. The average molecular weight is 343 g/mol. The lowest BCUT2D eigenvalue weighted by atomic mass is 10.1. The van der Waals surface area contributed by atoms with E-state index in [-0.39, 0.29) is 24.1 Å². The summed E-state index contributed by atoms with van der Waals surface area (Å²) in [6, 6.07) is 4.25. The summed E-state index contributed by atoms with van der Waals surface area (Å²) in [4.78, 5) is 12.2. The average Bonchev–Trinajstić information content (AvgIpc) is 3.23. The summed E-state index contributed by atoms with van der Waals surface area (Å²) < 4.78 is 34.1. The summed E-state index contributed by atoms with van der Waals surface area (Å²) in [7, 11) is 0. The second-order valence-electron chi connectivity index (χ2n) is 5.20. The fourth-order valence-electron chi connectivity index (χ4n) is 2.23. The smallest absolute Gasteiger partial charge is 0.387 e. The van der Waals surface area contributed by atoms with Crippen molar-refractivity contribution in [2.45, 2.75) is 31.9 Å². The van der Waals surface area contributed by atoms with Gasteiger partial charge >= 0.3 is 6.61 Å². The van der Waals surface area contributed by atoms with E-state index in [4.69, 9.17) is 16.1 Å². The van der Waals surface area contributed by atoms with Crippen LogP contribution in [-0.2, 0) is 6.54 Å². The molecule has 1 aliphatic rings. The number of amides is 1. The van der Waals surface area contributed by atoms with Crippen LogP contribution in [0.2, 0.25) is 5.02 Å². The van der Waals surface area contributed by atoms with E-state index in [0.29, 0.717) is 21.8 Å². The number of aromatic nitrogens is 1. The van der Waals surface area contributed by atoms with Crippen LogP contribution in [0.1, 0.15) is 40.4 Å². The van der Waals surface area contributed by atoms with Crippen molar-refractivity contribution >= 4 is 17.5 Å². The van der Waals surface area contributed by atoms with Gasteiger partial charge in [-0.05, 0) is 31.0 Å². The van der Waals surface area contributed by atoms with Crippen molar-refractivity contribution in [2.24, 2.45) is 0 Å². The molecule has 3 rings (SSSR count). The number of nitrogens with one attached hydrogen (secondary N) is 1. The number of hydrogen-bond acceptors (Lipinski definition) is 4. The molecule has 0 saturated heterocycles. The fraction of sp³-hybridized carbons (Fsp3) is 0.333. The standard InChI is InChI=1S/C15H13ClF2N2O3/c16-10-3-4-12(23-15(17)18)9(5-10)6-19-14(21)11-7-22-20-13(11)8-1-2-8/h3-5,7-8,15H,1-2,6H2,(H,19,21). The zero-order valence-electron chi connectivity index (χ0n) is 11.9. The zero-order valence-corrected chi connectivity index (χ0v) is 12.6. The van der Waals surface area contributed by atoms with Crippen molar-refractivity contribution in [1.82, 2.24) is 10.5 Å². The maximum absolute atomic E-state index is 12.4. The monoisotopic (exact) mass is 342 g/mol. The van der Waals surface area contributed by atoms with Crippen molar-refractivity contribution < 1.29 is 22.8 Å². The van der Waals surface area contributed by atoms with Gasteiger partial charge in [0.1, 0.15) is 17.6 Å². The van der Waals surface area contributed by atoms with E-state index in [1.165, 1.54) is 24.5 Å². The minimum atomic E-state index is -2.95. The summed E-state index contributed by atoms with van der Waals surface area (Å²) in [6.07, 6.45) is 3.25. The Morgan fingerprint density at radius 3 is 2.96 bits per heavy atom. The van der Waals surface area contributed by atoms with E-state index in [9.17, 15) is 13.6 Å². The van der Waals surface area contributed by atoms with Crippen LogP contribution in [0.5, 0.6) is 5.75 Å². The molecule has 0 radical (unpaired) electrons. The van der Waals surface area contributed by atoms with Crippen LogP contribution in [0.15, 0.2) is 29.0 Å². The molecule has 0 unspecified atom stereocenters. The molecule has 1 amide bonds. The normalized spacial score (nSPS) is 14.1. The van der Waals surface area contributed by atoms with Gasteiger partial charge in [0.15, 0.2) is 0 Å². The molecule has 2 aromatic rings. The predicted molar refractivity (Wildman–Crippen MR) is 77.7 cm³/mol. The highest BCUT2D eigenvalue weighted by Crippen LogP contribution is 2.40. The van der Waals surface area contributed by atoms with Gasteiger partial charge in [-0.15, -0.1) is 0 Å². The molecule has 0 spiro atoms. The van der Waals surface area contributed by atoms with Crippen LogP contribution >= 0.6 is 11.6 Å². The molecule has 1 saturated carbocycles. The predicted octanol–water partition coefficient (Wildman–Crippen LogP) is 3.74. The number of alkyl halides is 2. The quantitative estimate of drug-likeness (QED) is 0.868. The first-order chi connectivity index (χ1) is 11.0. The molecule has 1 aromatic carbocycles. The Morgan fingerprint density at radius 1 is 1.48 bits per heavy atom. The topological polar surface area (TPSA) is 64.4 Å². The largest absolute Gasteiger partial charge is 0.434 e. The highest BCUT2D eigenvalue weighted by molar-refractivity contribution is 6.30. The van der Waals surface area contributed by atoms with Gasteiger partial charge < -0.3 is 14.6 Å². The first kappa shape index (κ1) is 15.7. The van der Waals surface area contributed by atoms with Crippen molar-refractivity contribution in [3.8, 4) is 5.75 Å². The lowest BCUT2D eigenvalue weighted by Crippen LogP contribution is -2.24. The molecule has 1 aromatic heterocycles. The van der Waals surface area contributed by atoms with Gasteiger partial charge in [-0.3, -0.25) is 4.79 Å². The molecular weight excluding hydrogens is 330 g/mol. The molecule has 23 heavy (non-hydrogen) atoms. The van der Waals surface area contributed by atoms with E-state index in [1.807, 2.05) is 0 Å². The van der Waals surface area contributed by atoms with Crippen molar-refractivity contribution in [1.29, 1.82) is 0 Å². The Labute approximate surface area is 135 Å². The molecule has 1 aliphatic carbocycles. The molecule has 8 heteroatoms. The highest BCUT2D eigenvalue weighted by Gasteiger charge is 2.31. The molecule has 5 nitrogen and oxygen atoms in total. The fourth-order valence-corrected chi connectivity index (χ4v) is 2.43. The molecule has 1 N–H and O–H groups in total. The van der Waals surface area contributed by atoms with Gasteiger partial charge in [-0.1, -0.05) is 16.8 Å². The highest BCUT2D eigenvalue weighted by atomic mass is 35.5. The minimum Gasteiger partial charge on any atom is -0.434 e. The molecule has 0 aliphatic heterocycles. The number of rotatable bonds is 6. The van der Waals surface area contributed by atoms with E-state index in [0.717, 1.165) is 12.8 Å². The third-order valence-corrected chi connectivity index (χ3v) is 3.72. The van der Waals surface area contributed by atoms with E-state index >= 15 is 0 Å². The lowest BCUT2D eigenvalue weighted by molar-refractivity contribution is -0.0504. The molecule has 1 fully saturated rings. The van der Waals surface area contributed by atoms with Gasteiger partial charge in [0.2, 0.25) is 0 Å². The van der Waals surface area contributed by atoms with E-state index in [2.05, 4.69) is 15.2 Å². The number of ether oxygens (including phenoxy) is 1. The first-order valence-corrected chi connectivity index (χ1v) is 7.38. The number of benzene rings is 1. The van der Waals surface area contributed by atoms with Gasteiger partial charge in [0, 0.05) is 23.0 Å². The summed E-state index contributed by atoms with van der Waals surface area (Å²) in [5.41, 5.74) is 1.36. The summed E-state index contributed by atoms with van der Waals surface area (Å²) >= 11 is 5.86. The van der Waals surface area contributed by atoms with Crippen molar-refractivity contribution in [2.75, 3.05) is 0 Å². The zero-order chi connectivity index (χ0) is 16.4. The van der Waals surface area contributed by atoms with Crippen LogP contribution in [0, 0.1) is 0 Å². The van der Waals surface area contributed by atoms with Crippen LogP contribution in [-0.4, -0.2) is 17.7 Å². The first-order valence-electron chi connectivity index (χ1n) is 7.00. The third-order valence-electron chi connectivity index (χ3n) is 3.48. The summed E-state index contributed by atoms with van der Waals surface area (Å²) in [5.74, 6) is -0.146. The Bertz CT molecular complexity index is 716.